The molecule has 29 heavy (non-hydrogen) atoms. The zero-order valence-electron chi connectivity index (χ0n) is 19.0. The van der Waals surface area contributed by atoms with Gasteiger partial charge in [-0.1, -0.05) is 20.8 Å². The number of amides is 3. The van der Waals surface area contributed by atoms with E-state index in [2.05, 4.69) is 19.2 Å². The Hall–Kier alpha value is -1.79. The van der Waals surface area contributed by atoms with Crippen molar-refractivity contribution < 1.29 is 19.1 Å². The van der Waals surface area contributed by atoms with E-state index in [-0.39, 0.29) is 29.3 Å². The van der Waals surface area contributed by atoms with Crippen molar-refractivity contribution >= 4 is 17.9 Å². The van der Waals surface area contributed by atoms with Gasteiger partial charge in [-0.3, -0.25) is 9.59 Å². The highest BCUT2D eigenvalue weighted by molar-refractivity contribution is 5.88. The minimum atomic E-state index is -0.541. The number of likely N-dealkylation sites (tertiary alicyclic amines) is 2. The molecular formula is C22H39N3O4. The van der Waals surface area contributed by atoms with Crippen molar-refractivity contribution in [3.8, 4) is 0 Å². The molecule has 0 saturated carbocycles. The molecule has 0 aromatic heterocycles. The lowest BCUT2D eigenvalue weighted by atomic mass is 9.78. The van der Waals surface area contributed by atoms with E-state index in [1.165, 1.54) is 0 Å². The summed E-state index contributed by atoms with van der Waals surface area (Å²) in [5.41, 5.74) is -0.821. The molecule has 0 aromatic rings. The summed E-state index contributed by atoms with van der Waals surface area (Å²) in [6.07, 6.45) is 4.23. The molecular weight excluding hydrogens is 370 g/mol. The lowest BCUT2D eigenvalue weighted by Crippen LogP contribution is -2.60. The van der Waals surface area contributed by atoms with Gasteiger partial charge in [-0.15, -0.1) is 0 Å². The predicted molar refractivity (Wildman–Crippen MR) is 112 cm³/mol. The molecule has 166 valence electrons. The maximum atomic E-state index is 13.3. The predicted octanol–water partition coefficient (Wildman–Crippen LogP) is 3.32. The van der Waals surface area contributed by atoms with Crippen LogP contribution in [0.4, 0.5) is 4.79 Å². The van der Waals surface area contributed by atoms with Crippen LogP contribution >= 0.6 is 0 Å². The van der Waals surface area contributed by atoms with Crippen molar-refractivity contribution in [1.82, 2.24) is 15.1 Å². The van der Waals surface area contributed by atoms with Gasteiger partial charge in [0.1, 0.15) is 11.6 Å². The standard InChI is InChI=1S/C22H39N3O4/c1-7-10-18(26)25-13-9-8-11-16(25)19(27)24-14-12-17(22(5,6)15-24)23-20(28)29-21(2,3)4/h16-17H,7-15H2,1-6H3,(H,23,28). The summed E-state index contributed by atoms with van der Waals surface area (Å²) in [4.78, 5) is 41.7. The third-order valence-corrected chi connectivity index (χ3v) is 5.80. The van der Waals surface area contributed by atoms with E-state index in [0.29, 0.717) is 32.5 Å². The Bertz CT molecular complexity index is 612. The van der Waals surface area contributed by atoms with Crippen LogP contribution in [-0.4, -0.2) is 65.0 Å². The normalized spacial score (nSPS) is 24.8. The van der Waals surface area contributed by atoms with Gasteiger partial charge in [0.2, 0.25) is 11.8 Å². The molecule has 7 heteroatoms. The van der Waals surface area contributed by atoms with E-state index < -0.39 is 11.7 Å². The van der Waals surface area contributed by atoms with Gasteiger partial charge in [-0.05, 0) is 52.9 Å². The number of carbonyl (C=O) groups is 3. The molecule has 2 aliphatic rings. The van der Waals surface area contributed by atoms with Crippen LogP contribution in [0.2, 0.25) is 0 Å². The molecule has 2 fully saturated rings. The molecule has 0 aliphatic carbocycles. The molecule has 0 spiro atoms. The Kier molecular flexibility index (Phi) is 7.57. The van der Waals surface area contributed by atoms with Gasteiger partial charge in [0, 0.05) is 37.5 Å². The number of carbonyl (C=O) groups excluding carboxylic acids is 3. The molecule has 0 bridgehead atoms. The Labute approximate surface area is 175 Å². The molecule has 2 atom stereocenters. The van der Waals surface area contributed by atoms with Gasteiger partial charge in [0.15, 0.2) is 0 Å². The van der Waals surface area contributed by atoms with Crippen molar-refractivity contribution in [3.63, 3.8) is 0 Å². The number of piperidine rings is 2. The Balaban J connectivity index is 2.01. The van der Waals surface area contributed by atoms with Gasteiger partial charge in [-0.25, -0.2) is 4.79 Å². The number of alkyl carbamates (subject to hydrolysis) is 1. The highest BCUT2D eigenvalue weighted by Crippen LogP contribution is 2.31. The second kappa shape index (κ2) is 9.35. The Morgan fingerprint density at radius 2 is 1.79 bits per heavy atom. The molecule has 1 N–H and O–H groups in total. The summed E-state index contributed by atoms with van der Waals surface area (Å²) in [6.45, 7) is 13.5. The molecule has 3 amide bonds. The van der Waals surface area contributed by atoms with Crippen molar-refractivity contribution in [3.05, 3.63) is 0 Å². The first-order chi connectivity index (χ1) is 13.4. The van der Waals surface area contributed by atoms with E-state index in [1.54, 1.807) is 4.90 Å². The molecule has 7 nitrogen and oxygen atoms in total. The highest BCUT2D eigenvalue weighted by atomic mass is 16.6. The van der Waals surface area contributed by atoms with E-state index in [4.69, 9.17) is 4.74 Å². The summed E-state index contributed by atoms with van der Waals surface area (Å²) in [5.74, 6) is 0.143. The van der Waals surface area contributed by atoms with Crippen molar-refractivity contribution in [2.45, 2.75) is 97.8 Å². The van der Waals surface area contributed by atoms with E-state index in [1.807, 2.05) is 32.6 Å². The fourth-order valence-corrected chi connectivity index (χ4v) is 4.32. The van der Waals surface area contributed by atoms with Crippen molar-refractivity contribution in [1.29, 1.82) is 0 Å². The summed E-state index contributed by atoms with van der Waals surface area (Å²) >= 11 is 0. The first-order valence-corrected chi connectivity index (χ1v) is 11.0. The Morgan fingerprint density at radius 3 is 2.38 bits per heavy atom. The maximum absolute atomic E-state index is 13.3. The molecule has 2 aliphatic heterocycles. The van der Waals surface area contributed by atoms with Crippen LogP contribution in [0.15, 0.2) is 0 Å². The first-order valence-electron chi connectivity index (χ1n) is 11.0. The van der Waals surface area contributed by atoms with Crippen LogP contribution in [0.3, 0.4) is 0 Å². The zero-order valence-corrected chi connectivity index (χ0v) is 19.0. The van der Waals surface area contributed by atoms with Gasteiger partial charge >= 0.3 is 6.09 Å². The first kappa shape index (κ1) is 23.5. The average molecular weight is 410 g/mol. The number of hydrogen-bond acceptors (Lipinski definition) is 4. The third-order valence-electron chi connectivity index (χ3n) is 5.80. The molecule has 0 radical (unpaired) electrons. The second-order valence-corrected chi connectivity index (χ2v) is 10.1. The van der Waals surface area contributed by atoms with Crippen molar-refractivity contribution in [2.75, 3.05) is 19.6 Å². The topological polar surface area (TPSA) is 79.0 Å². The van der Waals surface area contributed by atoms with Crippen LogP contribution in [-0.2, 0) is 14.3 Å². The van der Waals surface area contributed by atoms with Crippen LogP contribution in [0.1, 0.15) is 80.1 Å². The summed E-state index contributed by atoms with van der Waals surface area (Å²) in [6, 6.07) is -0.403. The molecule has 2 heterocycles. The SMILES string of the molecule is CCCC(=O)N1CCCCC1C(=O)N1CCC(NC(=O)OC(C)(C)C)C(C)(C)C1. The quantitative estimate of drug-likeness (QED) is 0.772. The summed E-state index contributed by atoms with van der Waals surface area (Å²) in [5, 5.41) is 2.98. The van der Waals surface area contributed by atoms with Crippen LogP contribution < -0.4 is 5.32 Å². The summed E-state index contributed by atoms with van der Waals surface area (Å²) < 4.78 is 5.39. The van der Waals surface area contributed by atoms with Crippen molar-refractivity contribution in [2.24, 2.45) is 5.41 Å². The number of nitrogens with one attached hydrogen (secondary N) is 1. The zero-order chi connectivity index (χ0) is 21.8. The van der Waals surface area contributed by atoms with E-state index in [0.717, 1.165) is 25.7 Å². The molecule has 2 saturated heterocycles. The van der Waals surface area contributed by atoms with Gasteiger partial charge in [0.25, 0.3) is 0 Å². The number of nitrogens with zero attached hydrogens (tertiary/aromatic N) is 2. The van der Waals surface area contributed by atoms with E-state index in [9.17, 15) is 14.4 Å². The van der Waals surface area contributed by atoms with Crippen LogP contribution in [0, 0.1) is 5.41 Å². The fraction of sp³-hybridized carbons (Fsp3) is 0.864. The molecule has 2 rings (SSSR count). The molecule has 0 aromatic carbocycles. The summed E-state index contributed by atoms with van der Waals surface area (Å²) in [7, 11) is 0. The number of ether oxygens (including phenoxy) is 1. The largest absolute Gasteiger partial charge is 0.444 e. The lowest BCUT2D eigenvalue weighted by Gasteiger charge is -2.46. The number of hydrogen-bond donors (Lipinski definition) is 1. The van der Waals surface area contributed by atoms with Gasteiger partial charge in [0.05, 0.1) is 0 Å². The third kappa shape index (κ3) is 6.34. The minimum Gasteiger partial charge on any atom is -0.444 e. The van der Waals surface area contributed by atoms with Crippen LogP contribution in [0.25, 0.3) is 0 Å². The minimum absolute atomic E-state index is 0.0537. The van der Waals surface area contributed by atoms with E-state index >= 15 is 0 Å². The van der Waals surface area contributed by atoms with Gasteiger partial charge in [-0.2, -0.15) is 0 Å². The average Bonchev–Trinajstić information content (AvgIpc) is 2.61. The maximum Gasteiger partial charge on any atom is 0.407 e. The second-order valence-electron chi connectivity index (χ2n) is 10.1. The monoisotopic (exact) mass is 409 g/mol. The van der Waals surface area contributed by atoms with Crippen LogP contribution in [0.5, 0.6) is 0 Å². The highest BCUT2D eigenvalue weighted by Gasteiger charge is 2.42. The van der Waals surface area contributed by atoms with Gasteiger partial charge < -0.3 is 19.9 Å². The fourth-order valence-electron chi connectivity index (χ4n) is 4.32. The number of rotatable bonds is 4. The lowest BCUT2D eigenvalue weighted by molar-refractivity contribution is -0.150. The molecule has 2 unspecified atom stereocenters. The smallest absolute Gasteiger partial charge is 0.407 e. The Morgan fingerprint density at radius 1 is 1.10 bits per heavy atom.